The van der Waals surface area contributed by atoms with E-state index in [1.807, 2.05) is 0 Å². The fraction of sp³-hybridized carbons (Fsp3) is 0.533. The molecule has 0 radical (unpaired) electrons. The molecule has 0 amide bonds. The molecule has 1 N–H and O–H groups in total. The number of hydrogen-bond acceptors (Lipinski definition) is 1. The van der Waals surface area contributed by atoms with Gasteiger partial charge in [-0.05, 0) is 42.9 Å². The fourth-order valence-corrected chi connectivity index (χ4v) is 4.87. The van der Waals surface area contributed by atoms with Crippen molar-refractivity contribution in [1.82, 2.24) is 9.97 Å². The van der Waals surface area contributed by atoms with Crippen LogP contribution in [0.2, 0.25) is 0 Å². The van der Waals surface area contributed by atoms with E-state index in [9.17, 15) is 8.78 Å². The largest absolute Gasteiger partial charge is 0.342 e. The van der Waals surface area contributed by atoms with Gasteiger partial charge in [-0.25, -0.2) is 13.8 Å². The first-order valence-electron chi connectivity index (χ1n) is 7.07. The Labute approximate surface area is 109 Å². The van der Waals surface area contributed by atoms with Crippen molar-refractivity contribution in [2.24, 2.45) is 23.7 Å². The topological polar surface area (TPSA) is 28.7 Å². The van der Waals surface area contributed by atoms with Gasteiger partial charge >= 0.3 is 0 Å². The lowest BCUT2D eigenvalue weighted by molar-refractivity contribution is 0.456. The number of H-pyrrole nitrogens is 1. The minimum Gasteiger partial charge on any atom is -0.342 e. The molecule has 4 heteroatoms. The van der Waals surface area contributed by atoms with Crippen molar-refractivity contribution in [2.75, 3.05) is 0 Å². The maximum absolute atomic E-state index is 13.2. The Balaban J connectivity index is 1.57. The van der Waals surface area contributed by atoms with Crippen LogP contribution in [0.4, 0.5) is 8.78 Å². The Morgan fingerprint density at radius 2 is 1.74 bits per heavy atom. The molecule has 4 unspecified atom stereocenters. The Hall–Kier alpha value is -1.45. The number of imidazole rings is 1. The van der Waals surface area contributed by atoms with E-state index in [0.29, 0.717) is 17.0 Å². The van der Waals surface area contributed by atoms with Gasteiger partial charge in [-0.15, -0.1) is 0 Å². The maximum Gasteiger partial charge on any atom is 0.161 e. The lowest BCUT2D eigenvalue weighted by Gasteiger charge is -2.05. The predicted octanol–water partition coefficient (Wildman–Crippen LogP) is 3.60. The highest BCUT2D eigenvalue weighted by Crippen LogP contribution is 2.72. The minimum absolute atomic E-state index is 0.518. The van der Waals surface area contributed by atoms with Crippen molar-refractivity contribution in [3.05, 3.63) is 29.6 Å². The molecule has 1 aromatic carbocycles. The van der Waals surface area contributed by atoms with Gasteiger partial charge in [0.25, 0.3) is 0 Å². The highest BCUT2D eigenvalue weighted by atomic mass is 19.2. The quantitative estimate of drug-likeness (QED) is 0.833. The summed E-state index contributed by atoms with van der Waals surface area (Å²) in [5, 5.41) is 0. The average Bonchev–Trinajstić information content (AvgIpc) is 2.75. The molecule has 0 aliphatic heterocycles. The van der Waals surface area contributed by atoms with Crippen LogP contribution in [0.5, 0.6) is 0 Å². The average molecular weight is 260 g/mol. The highest BCUT2D eigenvalue weighted by molar-refractivity contribution is 5.75. The molecule has 5 rings (SSSR count). The van der Waals surface area contributed by atoms with Crippen molar-refractivity contribution in [1.29, 1.82) is 0 Å². The molecule has 1 aromatic heterocycles. The third-order valence-electron chi connectivity index (χ3n) is 5.59. The van der Waals surface area contributed by atoms with Gasteiger partial charge in [0.15, 0.2) is 11.6 Å². The Morgan fingerprint density at radius 1 is 1.05 bits per heavy atom. The molecular formula is C15H14F2N2. The smallest absolute Gasteiger partial charge is 0.161 e. The summed E-state index contributed by atoms with van der Waals surface area (Å²) in [5.41, 5.74) is 1.16. The summed E-state index contributed by atoms with van der Waals surface area (Å²) in [6.45, 7) is 0. The molecule has 0 saturated heterocycles. The minimum atomic E-state index is -0.818. The summed E-state index contributed by atoms with van der Waals surface area (Å²) in [6, 6.07) is 2.41. The van der Waals surface area contributed by atoms with Crippen LogP contribution in [-0.4, -0.2) is 9.97 Å². The number of halogens is 2. The van der Waals surface area contributed by atoms with Crippen LogP contribution < -0.4 is 0 Å². The lowest BCUT2D eigenvalue weighted by atomic mass is 10.0. The van der Waals surface area contributed by atoms with Crippen molar-refractivity contribution in [2.45, 2.75) is 25.2 Å². The fourth-order valence-electron chi connectivity index (χ4n) is 4.87. The summed E-state index contributed by atoms with van der Waals surface area (Å²) in [5.74, 6) is 3.17. The second kappa shape index (κ2) is 3.17. The number of rotatable bonds is 1. The van der Waals surface area contributed by atoms with Gasteiger partial charge in [-0.1, -0.05) is 0 Å². The first kappa shape index (κ1) is 10.4. The van der Waals surface area contributed by atoms with E-state index in [1.54, 1.807) is 0 Å². The van der Waals surface area contributed by atoms with Crippen LogP contribution in [0.3, 0.4) is 0 Å². The van der Waals surface area contributed by atoms with Gasteiger partial charge in [0.2, 0.25) is 0 Å². The molecule has 2 bridgehead atoms. The van der Waals surface area contributed by atoms with Crippen molar-refractivity contribution in [3.63, 3.8) is 0 Å². The maximum atomic E-state index is 13.2. The standard InChI is InChI=1S/C15H14F2N2/c16-8-4-10-11(5-9(8)17)19-15(18-10)14-12-6-1-2-7(3-6)13(12)14/h4-7,12-14H,1-3H2,(H,18,19). The number of nitrogens with zero attached hydrogens (tertiary/aromatic N) is 1. The third-order valence-corrected chi connectivity index (χ3v) is 5.59. The van der Waals surface area contributed by atoms with Gasteiger partial charge in [0.1, 0.15) is 5.82 Å². The molecule has 1 heterocycles. The zero-order chi connectivity index (χ0) is 12.7. The number of nitrogens with one attached hydrogen (secondary N) is 1. The molecule has 3 fully saturated rings. The van der Waals surface area contributed by atoms with Crippen LogP contribution in [-0.2, 0) is 0 Å². The number of fused-ring (bicyclic) bond motifs is 6. The van der Waals surface area contributed by atoms with Crippen LogP contribution in [0.1, 0.15) is 31.0 Å². The van der Waals surface area contributed by atoms with Crippen LogP contribution in [0.15, 0.2) is 12.1 Å². The Bertz CT molecular complexity index is 638. The first-order valence-corrected chi connectivity index (χ1v) is 7.07. The van der Waals surface area contributed by atoms with Crippen molar-refractivity contribution < 1.29 is 8.78 Å². The van der Waals surface area contributed by atoms with E-state index in [2.05, 4.69) is 9.97 Å². The van der Waals surface area contributed by atoms with E-state index in [-0.39, 0.29) is 0 Å². The van der Waals surface area contributed by atoms with E-state index >= 15 is 0 Å². The molecule has 3 aliphatic rings. The Morgan fingerprint density at radius 3 is 2.47 bits per heavy atom. The number of benzene rings is 1. The summed E-state index contributed by atoms with van der Waals surface area (Å²) in [7, 11) is 0. The zero-order valence-electron chi connectivity index (χ0n) is 10.4. The molecule has 2 aromatic rings. The monoisotopic (exact) mass is 260 g/mol. The second-order valence-corrected chi connectivity index (χ2v) is 6.42. The summed E-state index contributed by atoms with van der Waals surface area (Å²) in [4.78, 5) is 7.70. The Kier molecular flexibility index (Phi) is 1.73. The molecule has 3 saturated carbocycles. The van der Waals surface area contributed by atoms with Gasteiger partial charge in [-0.2, -0.15) is 0 Å². The van der Waals surface area contributed by atoms with Crippen LogP contribution in [0.25, 0.3) is 11.0 Å². The van der Waals surface area contributed by atoms with Crippen LogP contribution >= 0.6 is 0 Å². The van der Waals surface area contributed by atoms with E-state index in [0.717, 1.165) is 29.5 Å². The van der Waals surface area contributed by atoms with Crippen molar-refractivity contribution in [3.8, 4) is 0 Å². The molecule has 2 nitrogen and oxygen atoms in total. The normalized spacial score (nSPS) is 38.9. The third kappa shape index (κ3) is 1.22. The number of aromatic amines is 1. The van der Waals surface area contributed by atoms with Gasteiger partial charge in [0.05, 0.1) is 11.0 Å². The molecule has 98 valence electrons. The second-order valence-electron chi connectivity index (χ2n) is 6.42. The number of aromatic nitrogens is 2. The molecule has 4 atom stereocenters. The van der Waals surface area contributed by atoms with E-state index in [1.165, 1.54) is 31.4 Å². The van der Waals surface area contributed by atoms with E-state index < -0.39 is 11.6 Å². The predicted molar refractivity (Wildman–Crippen MR) is 66.6 cm³/mol. The molecular weight excluding hydrogens is 246 g/mol. The summed E-state index contributed by atoms with van der Waals surface area (Å²) < 4.78 is 26.4. The van der Waals surface area contributed by atoms with Gasteiger partial charge < -0.3 is 4.98 Å². The van der Waals surface area contributed by atoms with Gasteiger partial charge in [-0.3, -0.25) is 0 Å². The van der Waals surface area contributed by atoms with E-state index in [4.69, 9.17) is 0 Å². The summed E-state index contributed by atoms with van der Waals surface area (Å²) >= 11 is 0. The molecule has 0 spiro atoms. The number of hydrogen-bond donors (Lipinski definition) is 1. The van der Waals surface area contributed by atoms with Gasteiger partial charge in [0, 0.05) is 18.1 Å². The van der Waals surface area contributed by atoms with Crippen LogP contribution in [0, 0.1) is 35.3 Å². The zero-order valence-corrected chi connectivity index (χ0v) is 10.4. The molecule has 3 aliphatic carbocycles. The highest BCUT2D eigenvalue weighted by Gasteiger charge is 2.66. The molecule has 19 heavy (non-hydrogen) atoms. The lowest BCUT2D eigenvalue weighted by Crippen LogP contribution is -1.98. The van der Waals surface area contributed by atoms with Crippen molar-refractivity contribution >= 4 is 11.0 Å². The first-order chi connectivity index (χ1) is 9.22. The SMILES string of the molecule is Fc1cc2nc(C3C4C5CCC(C5)C34)[nH]c2cc1F. The summed E-state index contributed by atoms with van der Waals surface area (Å²) in [6.07, 6.45) is 4.13.